The molecule has 0 bridgehead atoms. The number of aryl methyl sites for hydroxylation is 1. The molecule has 0 aliphatic rings. The highest BCUT2D eigenvalue weighted by Crippen LogP contribution is 2.25. The van der Waals surface area contributed by atoms with Crippen LogP contribution in [0, 0.1) is 18.6 Å². The summed E-state index contributed by atoms with van der Waals surface area (Å²) in [5, 5.41) is 2.98. The third-order valence-corrected chi connectivity index (χ3v) is 3.00. The molecule has 1 aromatic carbocycles. The van der Waals surface area contributed by atoms with Crippen LogP contribution in [0.2, 0.25) is 0 Å². The molecule has 2 unspecified atom stereocenters. The third-order valence-electron chi connectivity index (χ3n) is 3.00. The molecule has 0 saturated carbocycles. The van der Waals surface area contributed by atoms with E-state index in [1.807, 2.05) is 6.92 Å². The summed E-state index contributed by atoms with van der Waals surface area (Å²) in [4.78, 5) is 0. The third kappa shape index (κ3) is 3.23. The lowest BCUT2D eigenvalue weighted by Crippen LogP contribution is -2.23. The van der Waals surface area contributed by atoms with E-state index in [4.69, 9.17) is 4.74 Å². The molecule has 96 valence electrons. The number of hydrogen-bond acceptors (Lipinski definition) is 2. The van der Waals surface area contributed by atoms with E-state index in [0.29, 0.717) is 17.5 Å². The van der Waals surface area contributed by atoms with Crippen molar-refractivity contribution in [1.82, 2.24) is 5.32 Å². The molecule has 2 nitrogen and oxygen atoms in total. The number of rotatable bonds is 5. The number of hydrogen-bond donors (Lipinski definition) is 1. The van der Waals surface area contributed by atoms with Crippen LogP contribution in [-0.4, -0.2) is 20.3 Å². The largest absolute Gasteiger partial charge is 0.382 e. The molecule has 1 rings (SSSR count). The predicted molar refractivity (Wildman–Crippen MR) is 64.0 cm³/mol. The van der Waals surface area contributed by atoms with Crippen molar-refractivity contribution < 1.29 is 13.5 Å². The molecule has 1 N–H and O–H groups in total. The highest BCUT2D eigenvalue weighted by atomic mass is 19.2. The predicted octanol–water partition coefficient (Wildman–Crippen LogP) is 2.96. The zero-order valence-electron chi connectivity index (χ0n) is 10.7. The highest BCUT2D eigenvalue weighted by molar-refractivity contribution is 5.28. The van der Waals surface area contributed by atoms with E-state index < -0.39 is 11.6 Å². The van der Waals surface area contributed by atoms with Crippen molar-refractivity contribution in [2.24, 2.45) is 0 Å². The van der Waals surface area contributed by atoms with Crippen molar-refractivity contribution in [3.05, 3.63) is 34.9 Å². The molecule has 0 saturated heterocycles. The summed E-state index contributed by atoms with van der Waals surface area (Å²) in [6, 6.07) is 2.97. The molecule has 0 fully saturated rings. The van der Waals surface area contributed by atoms with E-state index in [-0.39, 0.29) is 12.1 Å². The topological polar surface area (TPSA) is 21.3 Å². The summed E-state index contributed by atoms with van der Waals surface area (Å²) in [6.45, 7) is 3.45. The van der Waals surface area contributed by atoms with E-state index >= 15 is 0 Å². The van der Waals surface area contributed by atoms with Gasteiger partial charge in [0, 0.05) is 18.7 Å². The van der Waals surface area contributed by atoms with Crippen LogP contribution in [0.25, 0.3) is 0 Å². The lowest BCUT2D eigenvalue weighted by molar-refractivity contribution is 0.101. The van der Waals surface area contributed by atoms with Crippen molar-refractivity contribution in [1.29, 1.82) is 0 Å². The van der Waals surface area contributed by atoms with Gasteiger partial charge in [0.15, 0.2) is 11.6 Å². The minimum atomic E-state index is -0.771. The number of nitrogens with one attached hydrogen (secondary N) is 1. The Morgan fingerprint density at radius 2 is 1.94 bits per heavy atom. The summed E-state index contributed by atoms with van der Waals surface area (Å²) in [5.41, 5.74) is 0.667. The van der Waals surface area contributed by atoms with Crippen molar-refractivity contribution in [3.63, 3.8) is 0 Å². The van der Waals surface area contributed by atoms with Gasteiger partial charge in [-0.25, -0.2) is 8.78 Å². The Morgan fingerprint density at radius 1 is 1.29 bits per heavy atom. The van der Waals surface area contributed by atoms with Crippen LogP contribution >= 0.6 is 0 Å². The van der Waals surface area contributed by atoms with Crippen LogP contribution in [0.5, 0.6) is 0 Å². The summed E-state index contributed by atoms with van der Waals surface area (Å²) >= 11 is 0. The van der Waals surface area contributed by atoms with Crippen LogP contribution in [0.1, 0.15) is 30.5 Å². The molecule has 1 aromatic rings. The normalized spacial score (nSPS) is 14.7. The van der Waals surface area contributed by atoms with Crippen LogP contribution in [-0.2, 0) is 4.74 Å². The van der Waals surface area contributed by atoms with Crippen LogP contribution in [0.15, 0.2) is 12.1 Å². The summed E-state index contributed by atoms with van der Waals surface area (Å²) in [7, 11) is 3.33. The highest BCUT2D eigenvalue weighted by Gasteiger charge is 2.20. The zero-order valence-corrected chi connectivity index (χ0v) is 10.7. The maximum atomic E-state index is 13.8. The van der Waals surface area contributed by atoms with Crippen LogP contribution < -0.4 is 5.32 Å². The lowest BCUT2D eigenvalue weighted by atomic mass is 9.99. The van der Waals surface area contributed by atoms with E-state index in [0.717, 1.165) is 0 Å². The molecular weight excluding hydrogens is 224 g/mol. The van der Waals surface area contributed by atoms with Crippen molar-refractivity contribution in [2.45, 2.75) is 32.4 Å². The van der Waals surface area contributed by atoms with Gasteiger partial charge in [-0.05, 0) is 32.9 Å². The second kappa shape index (κ2) is 6.07. The first-order valence-electron chi connectivity index (χ1n) is 5.65. The first kappa shape index (κ1) is 14.1. The number of halogens is 2. The molecule has 17 heavy (non-hydrogen) atoms. The second-order valence-electron chi connectivity index (χ2n) is 4.22. The molecule has 0 spiro atoms. The second-order valence-corrected chi connectivity index (χ2v) is 4.22. The average Bonchev–Trinajstić information content (AvgIpc) is 2.33. The van der Waals surface area contributed by atoms with Gasteiger partial charge in [-0.1, -0.05) is 12.1 Å². The van der Waals surface area contributed by atoms with Gasteiger partial charge in [-0.3, -0.25) is 0 Å². The van der Waals surface area contributed by atoms with Gasteiger partial charge in [-0.15, -0.1) is 0 Å². The molecule has 4 heteroatoms. The zero-order chi connectivity index (χ0) is 13.0. The molecule has 0 aliphatic heterocycles. The smallest absolute Gasteiger partial charge is 0.163 e. The molecule has 0 aliphatic carbocycles. The summed E-state index contributed by atoms with van der Waals surface area (Å²) in [6.07, 6.45) is 0.572. The van der Waals surface area contributed by atoms with Gasteiger partial charge in [0.1, 0.15) is 0 Å². The van der Waals surface area contributed by atoms with E-state index in [1.165, 1.54) is 0 Å². The minimum absolute atomic E-state index is 0.0174. The van der Waals surface area contributed by atoms with Gasteiger partial charge in [0.05, 0.1) is 6.10 Å². The van der Waals surface area contributed by atoms with E-state index in [9.17, 15) is 8.78 Å². The van der Waals surface area contributed by atoms with E-state index in [1.54, 1.807) is 33.2 Å². The fourth-order valence-corrected chi connectivity index (χ4v) is 1.76. The Hall–Kier alpha value is -1.00. The Labute approximate surface area is 101 Å². The van der Waals surface area contributed by atoms with Crippen molar-refractivity contribution in [3.8, 4) is 0 Å². The van der Waals surface area contributed by atoms with Gasteiger partial charge < -0.3 is 10.1 Å². The van der Waals surface area contributed by atoms with Crippen molar-refractivity contribution >= 4 is 0 Å². The molecule has 0 radical (unpaired) electrons. The Kier molecular flexibility index (Phi) is 5.02. The molecule has 2 atom stereocenters. The Morgan fingerprint density at radius 3 is 2.47 bits per heavy atom. The van der Waals surface area contributed by atoms with Gasteiger partial charge in [-0.2, -0.15) is 0 Å². The fraction of sp³-hybridized carbons (Fsp3) is 0.538. The lowest BCUT2D eigenvalue weighted by Gasteiger charge is -2.21. The quantitative estimate of drug-likeness (QED) is 0.858. The minimum Gasteiger partial charge on any atom is -0.382 e. The number of benzene rings is 1. The summed E-state index contributed by atoms with van der Waals surface area (Å²) < 4.78 is 32.4. The molecular formula is C13H19F2NO. The molecule has 0 amide bonds. The first-order chi connectivity index (χ1) is 8.01. The Bertz CT molecular complexity index is 382. The average molecular weight is 243 g/mol. The monoisotopic (exact) mass is 243 g/mol. The number of ether oxygens (including phenoxy) is 1. The van der Waals surface area contributed by atoms with Gasteiger partial charge in [0.25, 0.3) is 0 Å². The van der Waals surface area contributed by atoms with Crippen LogP contribution in [0.4, 0.5) is 8.78 Å². The van der Waals surface area contributed by atoms with Crippen molar-refractivity contribution in [2.75, 3.05) is 14.2 Å². The molecule has 0 heterocycles. The maximum Gasteiger partial charge on any atom is 0.163 e. The van der Waals surface area contributed by atoms with E-state index in [2.05, 4.69) is 5.32 Å². The Balaban J connectivity index is 3.00. The SMILES string of the molecule is CNC(CC(C)OC)c1ccc(C)c(F)c1F. The fourth-order valence-electron chi connectivity index (χ4n) is 1.76. The van der Waals surface area contributed by atoms with Crippen LogP contribution in [0.3, 0.4) is 0 Å². The van der Waals surface area contributed by atoms with Gasteiger partial charge >= 0.3 is 0 Å². The first-order valence-corrected chi connectivity index (χ1v) is 5.65. The standard InChI is InChI=1S/C13H19F2NO/c1-8-5-6-10(13(15)12(8)14)11(16-3)7-9(2)17-4/h5-6,9,11,16H,7H2,1-4H3. The summed E-state index contributed by atoms with van der Waals surface area (Å²) in [5.74, 6) is -1.54. The molecule has 0 aromatic heterocycles. The van der Waals surface area contributed by atoms with Gasteiger partial charge in [0.2, 0.25) is 0 Å². The maximum absolute atomic E-state index is 13.8. The number of methoxy groups -OCH3 is 1.